The third-order valence-corrected chi connectivity index (χ3v) is 3.62. The van der Waals surface area contributed by atoms with E-state index in [0.717, 1.165) is 17.7 Å². The number of aliphatic hydroxyl groups excluding tert-OH is 1. The van der Waals surface area contributed by atoms with Crippen LogP contribution in [0.2, 0.25) is 0 Å². The molecule has 21 heavy (non-hydrogen) atoms. The monoisotopic (exact) mass is 292 g/mol. The predicted octanol–water partition coefficient (Wildman–Crippen LogP) is 0.911. The maximum absolute atomic E-state index is 11.1. The zero-order chi connectivity index (χ0) is 15.2. The van der Waals surface area contributed by atoms with Crippen molar-refractivity contribution in [2.24, 2.45) is 0 Å². The van der Waals surface area contributed by atoms with Gasteiger partial charge in [-0.05, 0) is 31.9 Å². The Kier molecular flexibility index (Phi) is 5.59. The topological polar surface area (TPSA) is 70.6 Å². The van der Waals surface area contributed by atoms with Crippen molar-refractivity contribution in [3.8, 4) is 5.75 Å². The summed E-state index contributed by atoms with van der Waals surface area (Å²) in [5, 5.41) is 16.0. The molecular weight excluding hydrogens is 268 g/mol. The highest BCUT2D eigenvalue weighted by Crippen LogP contribution is 2.18. The van der Waals surface area contributed by atoms with Crippen LogP contribution >= 0.6 is 0 Å². The Labute approximate surface area is 125 Å². The van der Waals surface area contributed by atoms with Crippen LogP contribution in [0.25, 0.3) is 0 Å². The number of nitrogens with one attached hydrogen (secondary N) is 2. The zero-order valence-electron chi connectivity index (χ0n) is 12.7. The average molecular weight is 292 g/mol. The Hall–Kier alpha value is -1.59. The van der Waals surface area contributed by atoms with Crippen molar-refractivity contribution >= 4 is 5.91 Å². The van der Waals surface area contributed by atoms with E-state index in [4.69, 9.17) is 4.74 Å². The van der Waals surface area contributed by atoms with Crippen LogP contribution in [-0.2, 0) is 4.79 Å². The van der Waals surface area contributed by atoms with Gasteiger partial charge in [0.15, 0.2) is 0 Å². The minimum absolute atomic E-state index is 0.112. The molecular formula is C16H24N2O3. The van der Waals surface area contributed by atoms with E-state index in [0.29, 0.717) is 19.5 Å². The fourth-order valence-corrected chi connectivity index (χ4v) is 2.46. The lowest BCUT2D eigenvalue weighted by Crippen LogP contribution is -2.40. The maximum Gasteiger partial charge on any atom is 0.220 e. The van der Waals surface area contributed by atoms with Gasteiger partial charge < -0.3 is 20.5 Å². The molecule has 3 N–H and O–H groups in total. The lowest BCUT2D eigenvalue weighted by molar-refractivity contribution is -0.119. The number of ether oxygens (including phenoxy) is 1. The van der Waals surface area contributed by atoms with Crippen LogP contribution in [0.15, 0.2) is 18.2 Å². The smallest absolute Gasteiger partial charge is 0.220 e. The second-order valence-corrected chi connectivity index (χ2v) is 5.70. The number of aliphatic hydroxyl groups is 1. The Balaban J connectivity index is 1.65. The molecule has 2 rings (SSSR count). The van der Waals surface area contributed by atoms with Crippen LogP contribution in [-0.4, -0.2) is 42.9 Å². The molecule has 1 aromatic carbocycles. The zero-order valence-corrected chi connectivity index (χ0v) is 12.7. The summed E-state index contributed by atoms with van der Waals surface area (Å²) in [5.74, 6) is 0.920. The van der Waals surface area contributed by atoms with Gasteiger partial charge in [0.1, 0.15) is 18.5 Å². The van der Waals surface area contributed by atoms with Crippen LogP contribution in [0.4, 0.5) is 0 Å². The molecule has 0 bridgehead atoms. The van der Waals surface area contributed by atoms with E-state index < -0.39 is 6.10 Å². The summed E-state index contributed by atoms with van der Waals surface area (Å²) in [6, 6.07) is 6.17. The Morgan fingerprint density at radius 2 is 2.29 bits per heavy atom. The molecule has 2 atom stereocenters. The molecule has 1 aliphatic rings. The van der Waals surface area contributed by atoms with Crippen LogP contribution in [0, 0.1) is 13.8 Å². The lowest BCUT2D eigenvalue weighted by atomic mass is 10.1. The summed E-state index contributed by atoms with van der Waals surface area (Å²) in [6.07, 6.45) is 0.897. The molecule has 5 nitrogen and oxygen atoms in total. The summed E-state index contributed by atoms with van der Waals surface area (Å²) in [5.41, 5.74) is 2.27. The number of rotatable bonds is 7. The van der Waals surface area contributed by atoms with Crippen molar-refractivity contribution in [1.29, 1.82) is 0 Å². The average Bonchev–Trinajstić information content (AvgIpc) is 2.83. The van der Waals surface area contributed by atoms with Gasteiger partial charge in [-0.2, -0.15) is 0 Å². The molecule has 0 aromatic heterocycles. The standard InChI is InChI=1S/C16H24N2O3/c1-11-3-5-15(12(2)7-11)21-10-14(19)9-17-8-13-4-6-16(20)18-13/h3,5,7,13-14,17,19H,4,6,8-10H2,1-2H3,(H,18,20). The number of benzene rings is 1. The molecule has 1 fully saturated rings. The van der Waals surface area contributed by atoms with Gasteiger partial charge in [0.2, 0.25) is 5.91 Å². The number of amides is 1. The predicted molar refractivity (Wildman–Crippen MR) is 81.5 cm³/mol. The third-order valence-electron chi connectivity index (χ3n) is 3.62. The van der Waals surface area contributed by atoms with Gasteiger partial charge in [-0.15, -0.1) is 0 Å². The highest BCUT2D eigenvalue weighted by Gasteiger charge is 2.20. The fraction of sp³-hybridized carbons (Fsp3) is 0.562. The lowest BCUT2D eigenvalue weighted by Gasteiger charge is -2.16. The highest BCUT2D eigenvalue weighted by atomic mass is 16.5. The second kappa shape index (κ2) is 7.43. The van der Waals surface area contributed by atoms with Crippen LogP contribution in [0.1, 0.15) is 24.0 Å². The molecule has 1 aromatic rings. The van der Waals surface area contributed by atoms with Gasteiger partial charge >= 0.3 is 0 Å². The molecule has 0 aliphatic carbocycles. The summed E-state index contributed by atoms with van der Waals surface area (Å²) in [4.78, 5) is 11.1. The second-order valence-electron chi connectivity index (χ2n) is 5.70. The SMILES string of the molecule is Cc1ccc(OCC(O)CNCC2CCC(=O)N2)c(C)c1. The van der Waals surface area contributed by atoms with Gasteiger partial charge in [-0.3, -0.25) is 4.79 Å². The number of carbonyl (C=O) groups is 1. The number of carbonyl (C=O) groups excluding carboxylic acids is 1. The van der Waals surface area contributed by atoms with E-state index in [1.165, 1.54) is 5.56 Å². The molecule has 0 radical (unpaired) electrons. The van der Waals surface area contributed by atoms with Crippen LogP contribution in [0.3, 0.4) is 0 Å². The van der Waals surface area contributed by atoms with Crippen molar-refractivity contribution in [2.45, 2.75) is 38.8 Å². The first-order valence-corrected chi connectivity index (χ1v) is 7.43. The number of hydrogen-bond donors (Lipinski definition) is 3. The maximum atomic E-state index is 11.1. The van der Waals surface area contributed by atoms with Crippen molar-refractivity contribution < 1.29 is 14.6 Å². The molecule has 5 heteroatoms. The van der Waals surface area contributed by atoms with Gasteiger partial charge in [0.05, 0.1) is 0 Å². The molecule has 1 saturated heterocycles. The fourth-order valence-electron chi connectivity index (χ4n) is 2.46. The van der Waals surface area contributed by atoms with Crippen molar-refractivity contribution in [3.05, 3.63) is 29.3 Å². The van der Waals surface area contributed by atoms with Gasteiger partial charge in [0, 0.05) is 25.6 Å². The highest BCUT2D eigenvalue weighted by molar-refractivity contribution is 5.78. The number of hydrogen-bond acceptors (Lipinski definition) is 4. The van der Waals surface area contributed by atoms with Crippen molar-refractivity contribution in [2.75, 3.05) is 19.7 Å². The van der Waals surface area contributed by atoms with Crippen molar-refractivity contribution in [3.63, 3.8) is 0 Å². The van der Waals surface area contributed by atoms with Gasteiger partial charge in [-0.1, -0.05) is 17.7 Å². The summed E-state index contributed by atoms with van der Waals surface area (Å²) in [6.45, 7) is 5.44. The summed E-state index contributed by atoms with van der Waals surface area (Å²) in [7, 11) is 0. The number of aryl methyl sites for hydroxylation is 2. The van der Waals surface area contributed by atoms with Crippen molar-refractivity contribution in [1.82, 2.24) is 10.6 Å². The molecule has 0 spiro atoms. The van der Waals surface area contributed by atoms with E-state index in [-0.39, 0.29) is 18.6 Å². The summed E-state index contributed by atoms with van der Waals surface area (Å²) < 4.78 is 5.63. The molecule has 0 saturated carbocycles. The molecule has 1 heterocycles. The van der Waals surface area contributed by atoms with Gasteiger partial charge in [-0.25, -0.2) is 0 Å². The first-order valence-electron chi connectivity index (χ1n) is 7.43. The normalized spacial score (nSPS) is 19.4. The summed E-state index contributed by atoms with van der Waals surface area (Å²) >= 11 is 0. The largest absolute Gasteiger partial charge is 0.491 e. The molecule has 116 valence electrons. The van der Waals surface area contributed by atoms with E-state index in [9.17, 15) is 9.90 Å². The Morgan fingerprint density at radius 3 is 2.95 bits per heavy atom. The minimum Gasteiger partial charge on any atom is -0.491 e. The Bertz CT molecular complexity index is 490. The molecule has 2 unspecified atom stereocenters. The Morgan fingerprint density at radius 1 is 1.48 bits per heavy atom. The first-order chi connectivity index (χ1) is 10.0. The van der Waals surface area contributed by atoms with E-state index in [1.54, 1.807) is 0 Å². The third kappa shape index (κ3) is 5.02. The first kappa shape index (κ1) is 15.8. The van der Waals surface area contributed by atoms with E-state index in [1.807, 2.05) is 26.0 Å². The molecule has 1 aliphatic heterocycles. The molecule has 1 amide bonds. The van der Waals surface area contributed by atoms with Gasteiger partial charge in [0.25, 0.3) is 0 Å². The van der Waals surface area contributed by atoms with Crippen LogP contribution in [0.5, 0.6) is 5.75 Å². The van der Waals surface area contributed by atoms with Crippen LogP contribution < -0.4 is 15.4 Å². The van der Waals surface area contributed by atoms with E-state index in [2.05, 4.69) is 16.7 Å². The quantitative estimate of drug-likeness (QED) is 0.699. The van der Waals surface area contributed by atoms with E-state index >= 15 is 0 Å². The minimum atomic E-state index is -0.567.